The topological polar surface area (TPSA) is 24.1 Å². The van der Waals surface area contributed by atoms with Crippen LogP contribution in [0.1, 0.15) is 54.4 Å². The van der Waals surface area contributed by atoms with Crippen molar-refractivity contribution in [2.24, 2.45) is 10.8 Å². The Hall–Kier alpha value is -0.0800. The lowest BCUT2D eigenvalue weighted by molar-refractivity contribution is 0.245. The summed E-state index contributed by atoms with van der Waals surface area (Å²) in [6, 6.07) is 2.76. The third kappa shape index (κ3) is 2.28. The van der Waals surface area contributed by atoms with Crippen LogP contribution in [0.4, 0.5) is 0 Å². The Labute approximate surface area is 101 Å². The summed E-state index contributed by atoms with van der Waals surface area (Å²) in [4.78, 5) is 0. The zero-order valence-electron chi connectivity index (χ0n) is 11.7. The molecule has 0 aromatic rings. The Morgan fingerprint density at radius 3 is 1.25 bits per heavy atom. The van der Waals surface area contributed by atoms with Crippen LogP contribution < -0.4 is 10.6 Å². The SMILES string of the molecule is CC(C)(C)C1CC2NC(C(C)(C)C)CC2N1. The second kappa shape index (κ2) is 3.71. The van der Waals surface area contributed by atoms with Gasteiger partial charge in [-0.2, -0.15) is 0 Å². The molecular formula is C14H28N2. The molecule has 2 heteroatoms. The molecule has 0 radical (unpaired) electrons. The predicted molar refractivity (Wildman–Crippen MR) is 69.6 cm³/mol. The summed E-state index contributed by atoms with van der Waals surface area (Å²) in [6.45, 7) is 14.0. The van der Waals surface area contributed by atoms with Gasteiger partial charge < -0.3 is 10.6 Å². The Morgan fingerprint density at radius 1 is 0.688 bits per heavy atom. The van der Waals surface area contributed by atoms with Crippen LogP contribution in [0.2, 0.25) is 0 Å². The van der Waals surface area contributed by atoms with Crippen molar-refractivity contribution in [3.05, 3.63) is 0 Å². The van der Waals surface area contributed by atoms with Crippen molar-refractivity contribution in [3.8, 4) is 0 Å². The van der Waals surface area contributed by atoms with Gasteiger partial charge in [-0.15, -0.1) is 0 Å². The van der Waals surface area contributed by atoms with E-state index in [0.29, 0.717) is 35.0 Å². The smallest absolute Gasteiger partial charge is 0.0239 e. The van der Waals surface area contributed by atoms with Gasteiger partial charge in [-0.3, -0.25) is 0 Å². The first-order chi connectivity index (χ1) is 7.18. The number of fused-ring (bicyclic) bond motifs is 1. The van der Waals surface area contributed by atoms with E-state index in [0.717, 1.165) is 0 Å². The summed E-state index contributed by atoms with van der Waals surface area (Å²) >= 11 is 0. The fraction of sp³-hybridized carbons (Fsp3) is 1.00. The summed E-state index contributed by atoms with van der Waals surface area (Å²) in [5, 5.41) is 7.66. The zero-order valence-corrected chi connectivity index (χ0v) is 11.7. The molecular weight excluding hydrogens is 196 g/mol. The summed E-state index contributed by atoms with van der Waals surface area (Å²) in [7, 11) is 0. The molecule has 2 fully saturated rings. The van der Waals surface area contributed by atoms with Crippen LogP contribution in [-0.2, 0) is 0 Å². The molecule has 16 heavy (non-hydrogen) atoms. The minimum atomic E-state index is 0.392. The Balaban J connectivity index is 1.96. The summed E-state index contributed by atoms with van der Waals surface area (Å²) in [6.07, 6.45) is 2.58. The van der Waals surface area contributed by atoms with Crippen molar-refractivity contribution < 1.29 is 0 Å². The van der Waals surface area contributed by atoms with E-state index in [1.54, 1.807) is 0 Å². The van der Waals surface area contributed by atoms with Crippen molar-refractivity contribution in [3.63, 3.8) is 0 Å². The second-order valence-electron chi connectivity index (χ2n) is 7.85. The Bertz CT molecular complexity index is 219. The average molecular weight is 224 g/mol. The molecule has 0 spiro atoms. The van der Waals surface area contributed by atoms with Crippen LogP contribution in [0.5, 0.6) is 0 Å². The normalized spacial score (nSPS) is 40.1. The van der Waals surface area contributed by atoms with E-state index in [1.165, 1.54) is 12.8 Å². The third-order valence-corrected chi connectivity index (χ3v) is 4.39. The van der Waals surface area contributed by atoms with E-state index >= 15 is 0 Å². The lowest BCUT2D eigenvalue weighted by atomic mass is 9.84. The minimum Gasteiger partial charge on any atom is -0.309 e. The van der Waals surface area contributed by atoms with E-state index in [4.69, 9.17) is 0 Å². The molecule has 4 atom stereocenters. The van der Waals surface area contributed by atoms with Crippen LogP contribution >= 0.6 is 0 Å². The molecule has 0 bridgehead atoms. The molecule has 2 N–H and O–H groups in total. The van der Waals surface area contributed by atoms with Crippen molar-refractivity contribution in [2.75, 3.05) is 0 Å². The number of hydrogen-bond donors (Lipinski definition) is 2. The van der Waals surface area contributed by atoms with Gasteiger partial charge in [-0.05, 0) is 23.7 Å². The van der Waals surface area contributed by atoms with Gasteiger partial charge in [0, 0.05) is 24.2 Å². The van der Waals surface area contributed by atoms with Gasteiger partial charge in [-0.1, -0.05) is 41.5 Å². The molecule has 94 valence electrons. The summed E-state index contributed by atoms with van der Waals surface area (Å²) < 4.78 is 0. The van der Waals surface area contributed by atoms with Crippen LogP contribution in [0.3, 0.4) is 0 Å². The van der Waals surface area contributed by atoms with E-state index in [1.807, 2.05) is 0 Å². The molecule has 2 nitrogen and oxygen atoms in total. The molecule has 2 aliphatic heterocycles. The van der Waals surface area contributed by atoms with Crippen LogP contribution in [-0.4, -0.2) is 24.2 Å². The molecule has 0 aromatic heterocycles. The van der Waals surface area contributed by atoms with E-state index in [9.17, 15) is 0 Å². The van der Waals surface area contributed by atoms with Crippen molar-refractivity contribution in [2.45, 2.75) is 78.6 Å². The molecule has 0 aromatic carbocycles. The lowest BCUT2D eigenvalue weighted by Gasteiger charge is -2.32. The molecule has 0 aliphatic carbocycles. The fourth-order valence-corrected chi connectivity index (χ4v) is 3.06. The van der Waals surface area contributed by atoms with Gasteiger partial charge in [0.15, 0.2) is 0 Å². The predicted octanol–water partition coefficient (Wildman–Crippen LogP) is 2.54. The third-order valence-electron chi connectivity index (χ3n) is 4.39. The highest BCUT2D eigenvalue weighted by atomic mass is 15.2. The average Bonchev–Trinajstić information content (AvgIpc) is 2.53. The second-order valence-corrected chi connectivity index (χ2v) is 7.85. The highest BCUT2D eigenvalue weighted by molar-refractivity contribution is 5.07. The Kier molecular flexibility index (Phi) is 2.87. The molecule has 2 heterocycles. The largest absolute Gasteiger partial charge is 0.309 e. The van der Waals surface area contributed by atoms with Gasteiger partial charge in [-0.25, -0.2) is 0 Å². The number of nitrogens with one attached hydrogen (secondary N) is 2. The maximum absolute atomic E-state index is 3.83. The number of hydrogen-bond acceptors (Lipinski definition) is 2. The van der Waals surface area contributed by atoms with Crippen molar-refractivity contribution in [1.82, 2.24) is 10.6 Å². The molecule has 2 saturated heterocycles. The van der Waals surface area contributed by atoms with Gasteiger partial charge in [0.2, 0.25) is 0 Å². The lowest BCUT2D eigenvalue weighted by Crippen LogP contribution is -2.41. The summed E-state index contributed by atoms with van der Waals surface area (Å²) in [5.41, 5.74) is 0.784. The number of rotatable bonds is 0. The first kappa shape index (κ1) is 12.4. The first-order valence-corrected chi connectivity index (χ1v) is 6.70. The first-order valence-electron chi connectivity index (χ1n) is 6.70. The van der Waals surface area contributed by atoms with Gasteiger partial charge in [0.05, 0.1) is 0 Å². The highest BCUT2D eigenvalue weighted by Gasteiger charge is 2.46. The van der Waals surface area contributed by atoms with Crippen LogP contribution in [0.15, 0.2) is 0 Å². The van der Waals surface area contributed by atoms with Gasteiger partial charge in [0.1, 0.15) is 0 Å². The van der Waals surface area contributed by atoms with E-state index in [-0.39, 0.29) is 0 Å². The maximum atomic E-state index is 3.83. The monoisotopic (exact) mass is 224 g/mol. The van der Waals surface area contributed by atoms with Crippen molar-refractivity contribution >= 4 is 0 Å². The van der Waals surface area contributed by atoms with Crippen molar-refractivity contribution in [1.29, 1.82) is 0 Å². The minimum absolute atomic E-state index is 0.392. The van der Waals surface area contributed by atoms with E-state index in [2.05, 4.69) is 52.2 Å². The van der Waals surface area contributed by atoms with Crippen LogP contribution in [0.25, 0.3) is 0 Å². The van der Waals surface area contributed by atoms with Crippen LogP contribution in [0, 0.1) is 10.8 Å². The molecule has 4 unspecified atom stereocenters. The molecule has 0 amide bonds. The molecule has 2 aliphatic rings. The highest BCUT2D eigenvalue weighted by Crippen LogP contribution is 2.37. The molecule has 0 saturated carbocycles. The van der Waals surface area contributed by atoms with E-state index < -0.39 is 0 Å². The quantitative estimate of drug-likeness (QED) is 0.661. The maximum Gasteiger partial charge on any atom is 0.0239 e. The summed E-state index contributed by atoms with van der Waals surface area (Å²) in [5.74, 6) is 0. The zero-order chi connectivity index (χ0) is 12.1. The molecule has 2 rings (SSSR count). The van der Waals surface area contributed by atoms with Gasteiger partial charge in [0.25, 0.3) is 0 Å². The standard InChI is InChI=1S/C14H28N2/c1-13(2,3)11-7-9-10(15-11)8-12(16-9)14(4,5)6/h9-12,15-16H,7-8H2,1-6H3. The fourth-order valence-electron chi connectivity index (χ4n) is 3.06. The van der Waals surface area contributed by atoms with Gasteiger partial charge >= 0.3 is 0 Å². The Morgan fingerprint density at radius 2 is 1.00 bits per heavy atom.